The number of amides is 1. The predicted molar refractivity (Wildman–Crippen MR) is 86.0 cm³/mol. The number of carbonyl (C=O) groups excluding carboxylic acids is 1. The molecule has 23 heavy (non-hydrogen) atoms. The lowest BCUT2D eigenvalue weighted by Crippen LogP contribution is -2.19. The highest BCUT2D eigenvalue weighted by atomic mass is 19.1. The summed E-state index contributed by atoms with van der Waals surface area (Å²) < 4.78 is 12.8. The molecule has 6 heteroatoms. The first-order chi connectivity index (χ1) is 11.1. The van der Waals surface area contributed by atoms with Crippen molar-refractivity contribution in [3.8, 4) is 0 Å². The number of aromatic nitrogens is 1. The Bertz CT molecular complexity index is 946. The van der Waals surface area contributed by atoms with E-state index >= 15 is 0 Å². The highest BCUT2D eigenvalue weighted by Gasteiger charge is 2.04. The molecule has 0 aliphatic rings. The van der Waals surface area contributed by atoms with Crippen molar-refractivity contribution in [2.45, 2.75) is 0 Å². The first-order valence-corrected chi connectivity index (χ1v) is 6.84. The van der Waals surface area contributed by atoms with Crippen molar-refractivity contribution < 1.29 is 9.18 Å². The molecule has 0 fully saturated rings. The van der Waals surface area contributed by atoms with Gasteiger partial charge in [0, 0.05) is 11.1 Å². The van der Waals surface area contributed by atoms with E-state index in [-0.39, 0.29) is 11.1 Å². The molecule has 114 valence electrons. The lowest BCUT2D eigenvalue weighted by Gasteiger charge is -2.00. The molecule has 0 atom stereocenters. The van der Waals surface area contributed by atoms with Gasteiger partial charge >= 0.3 is 0 Å². The Balaban J connectivity index is 1.77. The van der Waals surface area contributed by atoms with Crippen molar-refractivity contribution in [2.75, 3.05) is 0 Å². The highest BCUT2D eigenvalue weighted by molar-refractivity contribution is 5.95. The second-order valence-electron chi connectivity index (χ2n) is 4.85. The molecule has 0 aliphatic heterocycles. The molecule has 3 aromatic rings. The molecule has 3 rings (SSSR count). The minimum absolute atomic E-state index is 0.274. The summed E-state index contributed by atoms with van der Waals surface area (Å²) >= 11 is 0. The van der Waals surface area contributed by atoms with Crippen LogP contribution in [0.2, 0.25) is 0 Å². The number of nitrogens with zero attached hydrogens (tertiary/aromatic N) is 1. The van der Waals surface area contributed by atoms with Gasteiger partial charge in [0.15, 0.2) is 0 Å². The quantitative estimate of drug-likeness (QED) is 0.576. The molecule has 0 unspecified atom stereocenters. The van der Waals surface area contributed by atoms with Crippen LogP contribution in [0.5, 0.6) is 0 Å². The normalized spacial score (nSPS) is 11.0. The van der Waals surface area contributed by atoms with Crippen molar-refractivity contribution in [3.63, 3.8) is 0 Å². The van der Waals surface area contributed by atoms with Crippen LogP contribution in [0.1, 0.15) is 15.9 Å². The molecule has 2 aromatic carbocycles. The molecule has 1 amide bonds. The molecule has 2 N–H and O–H groups in total. The summed E-state index contributed by atoms with van der Waals surface area (Å²) in [7, 11) is 0. The van der Waals surface area contributed by atoms with Crippen LogP contribution in [0.4, 0.5) is 4.39 Å². The monoisotopic (exact) mass is 309 g/mol. The number of H-pyrrole nitrogens is 1. The predicted octanol–water partition coefficient (Wildman–Crippen LogP) is 2.43. The van der Waals surface area contributed by atoms with Crippen molar-refractivity contribution in [1.29, 1.82) is 0 Å². The number of hydrazone groups is 1. The zero-order chi connectivity index (χ0) is 16.2. The number of para-hydroxylation sites is 1. The van der Waals surface area contributed by atoms with E-state index in [1.165, 1.54) is 30.5 Å². The van der Waals surface area contributed by atoms with E-state index in [1.54, 1.807) is 12.1 Å². The maximum Gasteiger partial charge on any atom is 0.271 e. The fourth-order valence-corrected chi connectivity index (χ4v) is 2.09. The van der Waals surface area contributed by atoms with E-state index in [2.05, 4.69) is 15.5 Å². The van der Waals surface area contributed by atoms with E-state index in [0.29, 0.717) is 5.56 Å². The molecular weight excluding hydrogens is 297 g/mol. The number of hydrogen-bond acceptors (Lipinski definition) is 3. The van der Waals surface area contributed by atoms with Gasteiger partial charge in [-0.1, -0.05) is 18.2 Å². The number of halogens is 1. The summed E-state index contributed by atoms with van der Waals surface area (Å²) in [6.07, 6.45) is 1.27. The Morgan fingerprint density at radius 3 is 2.65 bits per heavy atom. The number of aromatic amines is 1. The Hall–Kier alpha value is -3.28. The first-order valence-electron chi connectivity index (χ1n) is 6.84. The summed E-state index contributed by atoms with van der Waals surface area (Å²) in [5.41, 5.74) is 3.32. The largest absolute Gasteiger partial charge is 0.321 e. The Morgan fingerprint density at radius 1 is 1.13 bits per heavy atom. The number of benzene rings is 2. The zero-order valence-electron chi connectivity index (χ0n) is 11.9. The number of rotatable bonds is 3. The first kappa shape index (κ1) is 14.6. The molecule has 1 heterocycles. The van der Waals surface area contributed by atoms with Gasteiger partial charge in [0.2, 0.25) is 0 Å². The maximum absolute atomic E-state index is 12.8. The molecule has 0 bridgehead atoms. The average molecular weight is 309 g/mol. The minimum atomic E-state index is -0.488. The third-order valence-electron chi connectivity index (χ3n) is 3.26. The van der Waals surface area contributed by atoms with E-state index in [1.807, 2.05) is 18.2 Å². The van der Waals surface area contributed by atoms with E-state index in [9.17, 15) is 14.0 Å². The highest BCUT2D eigenvalue weighted by Crippen LogP contribution is 2.09. The molecule has 5 nitrogen and oxygen atoms in total. The van der Waals surface area contributed by atoms with Crippen LogP contribution in [0, 0.1) is 5.82 Å². The topological polar surface area (TPSA) is 74.3 Å². The number of nitrogens with one attached hydrogen (secondary N) is 2. The van der Waals surface area contributed by atoms with Gasteiger partial charge in [-0.15, -0.1) is 0 Å². The van der Waals surface area contributed by atoms with Crippen molar-refractivity contribution >= 4 is 23.0 Å². The number of hydrogen-bond donors (Lipinski definition) is 2. The van der Waals surface area contributed by atoms with Gasteiger partial charge in [-0.3, -0.25) is 9.59 Å². The van der Waals surface area contributed by atoms with Crippen molar-refractivity contribution in [1.82, 2.24) is 10.4 Å². The number of pyridine rings is 1. The fourth-order valence-electron chi connectivity index (χ4n) is 2.09. The van der Waals surface area contributed by atoms with Gasteiger partial charge in [-0.05, 0) is 41.8 Å². The Morgan fingerprint density at radius 2 is 1.87 bits per heavy atom. The van der Waals surface area contributed by atoms with Crippen LogP contribution < -0.4 is 11.0 Å². The van der Waals surface area contributed by atoms with Crippen molar-refractivity contribution in [2.24, 2.45) is 5.10 Å². The van der Waals surface area contributed by atoms with E-state index in [4.69, 9.17) is 0 Å². The second-order valence-corrected chi connectivity index (χ2v) is 4.85. The standard InChI is InChI=1S/C17H12FN3O2/c18-14-7-5-11(6-8-14)17(23)21-19-10-13-9-12-3-1-2-4-15(12)20-16(13)22/h1-10H,(H,20,22)(H,21,23)/b19-10-. The molecule has 0 radical (unpaired) electrons. The van der Waals surface area contributed by atoms with Crippen LogP contribution in [-0.4, -0.2) is 17.1 Å². The SMILES string of the molecule is O=C(N/N=C\c1cc2ccccc2[nH]c1=O)c1ccc(F)cc1. The number of fused-ring (bicyclic) bond motifs is 1. The van der Waals surface area contributed by atoms with Crippen LogP contribution in [0.15, 0.2) is 64.5 Å². The molecular formula is C17H12FN3O2. The van der Waals surface area contributed by atoms with Crippen LogP contribution in [0.3, 0.4) is 0 Å². The van der Waals surface area contributed by atoms with Crippen LogP contribution >= 0.6 is 0 Å². The van der Waals surface area contributed by atoms with Crippen LogP contribution in [-0.2, 0) is 0 Å². The summed E-state index contributed by atoms with van der Waals surface area (Å²) in [4.78, 5) is 26.5. The summed E-state index contributed by atoms with van der Waals surface area (Å²) in [5.74, 6) is -0.911. The van der Waals surface area contributed by atoms with E-state index in [0.717, 1.165) is 10.9 Å². The Labute approximate surface area is 130 Å². The van der Waals surface area contributed by atoms with E-state index < -0.39 is 11.7 Å². The van der Waals surface area contributed by atoms with Gasteiger partial charge in [-0.25, -0.2) is 9.82 Å². The lowest BCUT2D eigenvalue weighted by atomic mass is 10.2. The van der Waals surface area contributed by atoms with Crippen molar-refractivity contribution in [3.05, 3.63) is 81.9 Å². The van der Waals surface area contributed by atoms with Gasteiger partial charge < -0.3 is 4.98 Å². The third kappa shape index (κ3) is 3.32. The maximum atomic E-state index is 12.8. The molecule has 0 saturated heterocycles. The molecule has 0 saturated carbocycles. The number of carbonyl (C=O) groups is 1. The Kier molecular flexibility index (Phi) is 3.97. The summed E-state index contributed by atoms with van der Waals surface area (Å²) in [5, 5.41) is 4.63. The molecule has 0 aliphatic carbocycles. The minimum Gasteiger partial charge on any atom is -0.321 e. The molecule has 1 aromatic heterocycles. The van der Waals surface area contributed by atoms with Crippen LogP contribution in [0.25, 0.3) is 10.9 Å². The summed E-state index contributed by atoms with van der Waals surface area (Å²) in [6, 6.07) is 14.1. The van der Waals surface area contributed by atoms with Gasteiger partial charge in [0.25, 0.3) is 11.5 Å². The second kappa shape index (κ2) is 6.23. The average Bonchev–Trinajstić information content (AvgIpc) is 2.56. The lowest BCUT2D eigenvalue weighted by molar-refractivity contribution is 0.0955. The van der Waals surface area contributed by atoms with Gasteiger partial charge in [-0.2, -0.15) is 5.10 Å². The smallest absolute Gasteiger partial charge is 0.271 e. The van der Waals surface area contributed by atoms with Gasteiger partial charge in [0.05, 0.1) is 11.8 Å². The fraction of sp³-hybridized carbons (Fsp3) is 0. The molecule has 0 spiro atoms. The third-order valence-corrected chi connectivity index (χ3v) is 3.26. The summed E-state index contributed by atoms with van der Waals surface area (Å²) in [6.45, 7) is 0. The zero-order valence-corrected chi connectivity index (χ0v) is 11.9. The van der Waals surface area contributed by atoms with Gasteiger partial charge in [0.1, 0.15) is 5.82 Å².